The van der Waals surface area contributed by atoms with Crippen molar-refractivity contribution in [2.24, 2.45) is 0 Å². The smallest absolute Gasteiger partial charge is 0.347 e. The van der Waals surface area contributed by atoms with Gasteiger partial charge in [0.05, 0.1) is 26.4 Å². The molecule has 2 fully saturated rings. The van der Waals surface area contributed by atoms with Crippen molar-refractivity contribution in [3.63, 3.8) is 0 Å². The number of rotatable bonds is 35. The first kappa shape index (κ1) is 80.9. The van der Waals surface area contributed by atoms with Crippen LogP contribution < -0.4 is 51.4 Å². The van der Waals surface area contributed by atoms with E-state index in [0.29, 0.717) is 0 Å². The van der Waals surface area contributed by atoms with Gasteiger partial charge in [-0.25, -0.2) is 50.2 Å². The Kier molecular flexibility index (Phi) is 29.2. The summed E-state index contributed by atoms with van der Waals surface area (Å²) in [5.74, 6) is 0. The summed E-state index contributed by atoms with van der Waals surface area (Å²) < 4.78 is 467. The van der Waals surface area contributed by atoms with Crippen LogP contribution in [0.3, 0.4) is 0 Å². The van der Waals surface area contributed by atoms with Crippen molar-refractivity contribution in [3.05, 3.63) is 0 Å². The molecule has 0 bridgehead atoms. The predicted molar refractivity (Wildman–Crippen MR) is 228 cm³/mol. The van der Waals surface area contributed by atoms with Gasteiger partial charge < -0.3 is 18.9 Å². The predicted octanol–water partition coefficient (Wildman–Crippen LogP) is -13.0. The zero-order valence-electron chi connectivity index (χ0n) is 38.5. The van der Waals surface area contributed by atoms with Gasteiger partial charge in [0.2, 0.25) is 0 Å². The summed E-state index contributed by atoms with van der Waals surface area (Å²) >= 11 is 0. The van der Waals surface area contributed by atoms with Gasteiger partial charge in [-0.1, -0.05) is 0 Å². The summed E-state index contributed by atoms with van der Waals surface area (Å²) in [6, 6.07) is 0. The van der Waals surface area contributed by atoms with Crippen molar-refractivity contribution in [2.45, 2.75) is 85.8 Å². The first-order valence-corrected chi connectivity index (χ1v) is 34.8. The summed E-state index contributed by atoms with van der Waals surface area (Å²) in [7, 11) is -76.5. The molecule has 0 aromatic carbocycles. The van der Waals surface area contributed by atoms with E-state index in [0.717, 1.165) is 0 Å². The fourth-order valence-corrected chi connectivity index (χ4v) is 11.7. The van der Waals surface area contributed by atoms with Gasteiger partial charge in [-0.15, -0.1) is 0 Å². The standard InChI is InChI=1S/C18H34O52S12.K/c19-71(20,21)57-3-5-9(63-75(31,32)33)13(67-79(43,44)45)15(69-81(49,50)51)17(59-5)55-1-7(61-73(25,26)27)11(65-77(37,38)39)12(66-78(40,41)42)8(62-74(28,29)30)2-56-18-16(70-82(52,53)54)14(68-80(46,47)48)10(64-76(34,35)36)6(60-18)4-58-72(22,23)24;/h5-18H,1-4H2,(H,19,20,21)(H,22,23,24)(H,25,26,27)(H,28,29,30)(H,31,32,33)(H,34,35,36)(H,37,38,39)(H,40,41,42)(H,43,44,45)(H,46,47,48)(H,49,50,51)(H,52,53,54);/q;+1/t5-,6-,7-,8-,9-,10-,11-,12-,13+,14+,15-,16-,17-,18-;/m1./s1. The molecule has 2 aliphatic heterocycles. The molecular weight excluding hydrogens is 1470 g/mol. The van der Waals surface area contributed by atoms with Crippen LogP contribution in [0, 0.1) is 0 Å². The van der Waals surface area contributed by atoms with Crippen LogP contribution in [0.4, 0.5) is 0 Å². The first-order valence-electron chi connectivity index (χ1n) is 18.4. The average Bonchev–Trinajstić information content (AvgIpc) is 3.16. The summed E-state index contributed by atoms with van der Waals surface area (Å²) in [6.45, 7) is -9.34. The molecule has 52 nitrogen and oxygen atoms in total. The third-order valence-electron chi connectivity index (χ3n) is 8.20. The Hall–Kier alpha value is -0.0836. The van der Waals surface area contributed by atoms with Gasteiger partial charge >= 0.3 is 176 Å². The van der Waals surface area contributed by atoms with E-state index in [2.05, 4.69) is 50.2 Å². The van der Waals surface area contributed by atoms with E-state index in [-0.39, 0.29) is 51.4 Å². The molecule has 0 saturated carbocycles. The maximum absolute atomic E-state index is 12.3. The normalized spacial score (nSPS) is 26.7. The molecule has 2 saturated heterocycles. The van der Waals surface area contributed by atoms with Crippen molar-refractivity contribution in [1.29, 1.82) is 0 Å². The summed E-state index contributed by atoms with van der Waals surface area (Å²) in [5, 5.41) is 0. The van der Waals surface area contributed by atoms with E-state index >= 15 is 0 Å². The minimum Gasteiger partial charge on any atom is -0.347 e. The molecule has 490 valence electrons. The maximum atomic E-state index is 12.3. The first-order chi connectivity index (χ1) is 36.1. The summed E-state index contributed by atoms with van der Waals surface area (Å²) in [6.07, 6.45) is -50.0. The molecule has 0 radical (unpaired) electrons. The summed E-state index contributed by atoms with van der Waals surface area (Å²) in [4.78, 5) is 0. The second kappa shape index (κ2) is 29.9. The van der Waals surface area contributed by atoms with Crippen molar-refractivity contribution < 1.29 is 276 Å². The number of hydrogen-bond donors (Lipinski definition) is 12. The van der Waals surface area contributed by atoms with Crippen LogP contribution in [0.25, 0.3) is 0 Å². The van der Waals surface area contributed by atoms with Crippen LogP contribution in [0.5, 0.6) is 0 Å². The van der Waals surface area contributed by atoms with Crippen LogP contribution in [0.15, 0.2) is 0 Å². The van der Waals surface area contributed by atoms with Crippen molar-refractivity contribution in [2.75, 3.05) is 26.4 Å². The molecule has 0 aromatic rings. The topological polar surface area (TPSA) is 800 Å². The molecule has 2 rings (SSSR count). The van der Waals surface area contributed by atoms with Gasteiger partial charge in [0, 0.05) is 0 Å². The molecule has 0 amide bonds. The molecular formula is C18H34KO52S12+. The van der Waals surface area contributed by atoms with Crippen LogP contribution in [-0.4, -0.2) is 268 Å². The van der Waals surface area contributed by atoms with Gasteiger partial charge in [-0.05, 0) is 0 Å². The number of ether oxygens (including phenoxy) is 4. The Bertz CT molecular complexity index is 3390. The summed E-state index contributed by atoms with van der Waals surface area (Å²) in [5.41, 5.74) is 0. The van der Waals surface area contributed by atoms with Crippen LogP contribution >= 0.6 is 0 Å². The molecule has 0 unspecified atom stereocenters. The van der Waals surface area contributed by atoms with Gasteiger partial charge in [-0.3, -0.25) is 54.6 Å². The third kappa shape index (κ3) is 34.1. The maximum Gasteiger partial charge on any atom is 1.00 e. The van der Waals surface area contributed by atoms with Gasteiger partial charge in [0.25, 0.3) is 0 Å². The van der Waals surface area contributed by atoms with Crippen LogP contribution in [0.1, 0.15) is 0 Å². The van der Waals surface area contributed by atoms with E-state index in [1.54, 1.807) is 0 Å². The van der Waals surface area contributed by atoms with E-state index in [9.17, 15) is 147 Å². The quantitative estimate of drug-likeness (QED) is 0.0207. The number of hydrogen-bond acceptors (Lipinski definition) is 40. The van der Waals surface area contributed by atoms with E-state index in [1.165, 1.54) is 0 Å². The fourth-order valence-electron chi connectivity index (χ4n) is 6.08. The Labute approximate surface area is 508 Å². The minimum absolute atomic E-state index is 0. The van der Waals surface area contributed by atoms with E-state index < -0.39 is 237 Å². The van der Waals surface area contributed by atoms with E-state index in [1.807, 2.05) is 0 Å². The molecule has 2 heterocycles. The van der Waals surface area contributed by atoms with Crippen LogP contribution in [-0.2, 0) is 194 Å². The fraction of sp³-hybridized carbons (Fsp3) is 1.00. The molecule has 83 heavy (non-hydrogen) atoms. The largest absolute Gasteiger partial charge is 1.00 e. The Morgan fingerprint density at radius 3 is 0.711 bits per heavy atom. The average molecular weight is 1510 g/mol. The molecule has 14 atom stereocenters. The molecule has 0 spiro atoms. The molecule has 65 heteroatoms. The third-order valence-corrected chi connectivity index (χ3v) is 13.8. The van der Waals surface area contributed by atoms with E-state index in [4.69, 9.17) is 28.1 Å². The van der Waals surface area contributed by atoms with Gasteiger partial charge in [0.15, 0.2) is 24.8 Å². The van der Waals surface area contributed by atoms with Crippen LogP contribution in [0.2, 0.25) is 0 Å². The Morgan fingerprint density at radius 1 is 0.289 bits per heavy atom. The molecule has 2 aliphatic rings. The molecule has 0 aromatic heterocycles. The Balaban J connectivity index is 0.0000344. The van der Waals surface area contributed by atoms with Crippen molar-refractivity contribution in [3.8, 4) is 0 Å². The second-order valence-corrected chi connectivity index (χ2v) is 26.9. The monoisotopic (exact) mass is 1500 g/mol. The minimum atomic E-state index is -6.76. The Morgan fingerprint density at radius 2 is 0.506 bits per heavy atom. The molecule has 12 N–H and O–H groups in total. The second-order valence-electron chi connectivity index (χ2n) is 14.2. The SMILES string of the molecule is O=S(=O)(O)OC[C@H]1O[C@@H](OC[C@@H](OS(=O)(=O)O)[C@@H](OS(=O)(=O)O)[C@H](OS(=O)(=O)O)[C@@H](CO[C@@H]2O[C@H](COS(=O)(=O)O)[C@@H](OS(=O)(=O)O)[C@H](OS(=O)(=O)O)[C@H]2OS(=O)(=O)O)OS(=O)(=O)O)[C@H](OS(=O)(=O)O)[C@@H](OS(=O)(=O)O)[C@@H]1OS(=O)(=O)O.[K+]. The van der Waals surface area contributed by atoms with Gasteiger partial charge in [0.1, 0.15) is 61.0 Å². The zero-order valence-corrected chi connectivity index (χ0v) is 51.4. The zero-order chi connectivity index (χ0) is 64.2. The molecule has 0 aliphatic carbocycles. The van der Waals surface area contributed by atoms with Crippen molar-refractivity contribution in [1.82, 2.24) is 0 Å². The van der Waals surface area contributed by atoms with Crippen molar-refractivity contribution >= 4 is 125 Å². The van der Waals surface area contributed by atoms with Gasteiger partial charge in [-0.2, -0.15) is 101 Å².